The van der Waals surface area contributed by atoms with Gasteiger partial charge >= 0.3 is 6.03 Å². The molecule has 7 nitrogen and oxygen atoms in total. The molecule has 2 aliphatic rings. The van der Waals surface area contributed by atoms with Gasteiger partial charge in [0.15, 0.2) is 0 Å². The van der Waals surface area contributed by atoms with Crippen molar-refractivity contribution in [1.29, 1.82) is 0 Å². The molecule has 0 bridgehead atoms. The van der Waals surface area contributed by atoms with Gasteiger partial charge < -0.3 is 15.5 Å². The van der Waals surface area contributed by atoms with Crippen molar-refractivity contribution in [3.63, 3.8) is 0 Å². The van der Waals surface area contributed by atoms with Crippen molar-refractivity contribution in [3.05, 3.63) is 47.5 Å². The van der Waals surface area contributed by atoms with Gasteiger partial charge in [-0.2, -0.15) is 4.31 Å². The van der Waals surface area contributed by atoms with Gasteiger partial charge in [0, 0.05) is 36.9 Å². The molecule has 0 spiro atoms. The summed E-state index contributed by atoms with van der Waals surface area (Å²) in [6.07, 6.45) is 3.83. The minimum atomic E-state index is -3.64. The summed E-state index contributed by atoms with van der Waals surface area (Å²) >= 11 is 5.93. The van der Waals surface area contributed by atoms with Crippen molar-refractivity contribution in [2.24, 2.45) is 11.8 Å². The Labute approximate surface area is 207 Å². The summed E-state index contributed by atoms with van der Waals surface area (Å²) in [6.45, 7) is 7.17. The molecule has 184 valence electrons. The molecule has 4 rings (SSSR count). The molecule has 0 aromatic heterocycles. The molecule has 2 N–H and O–H groups in total. The lowest BCUT2D eigenvalue weighted by Crippen LogP contribution is -2.38. The number of amides is 2. The second-order valence-corrected chi connectivity index (χ2v) is 11.9. The molecular formula is C25H33ClN4O3S. The number of piperidine rings is 2. The molecule has 2 aliphatic heterocycles. The van der Waals surface area contributed by atoms with Crippen LogP contribution in [0.5, 0.6) is 0 Å². The molecule has 2 heterocycles. The van der Waals surface area contributed by atoms with Crippen molar-refractivity contribution >= 4 is 44.7 Å². The van der Waals surface area contributed by atoms with Gasteiger partial charge in [-0.1, -0.05) is 25.4 Å². The lowest BCUT2D eigenvalue weighted by atomic mass is 9.98. The van der Waals surface area contributed by atoms with E-state index in [1.165, 1.54) is 0 Å². The van der Waals surface area contributed by atoms with Crippen molar-refractivity contribution in [2.75, 3.05) is 41.7 Å². The summed E-state index contributed by atoms with van der Waals surface area (Å²) in [5, 5.41) is 6.27. The Morgan fingerprint density at radius 1 is 0.882 bits per heavy atom. The van der Waals surface area contributed by atoms with Crippen LogP contribution < -0.4 is 15.5 Å². The molecule has 2 amide bonds. The van der Waals surface area contributed by atoms with Crippen LogP contribution in [0.4, 0.5) is 21.9 Å². The second-order valence-electron chi connectivity index (χ2n) is 9.52. The molecule has 2 aromatic carbocycles. The van der Waals surface area contributed by atoms with Crippen LogP contribution in [0.15, 0.2) is 47.4 Å². The molecule has 2 aromatic rings. The van der Waals surface area contributed by atoms with Crippen LogP contribution in [0.1, 0.15) is 39.5 Å². The summed E-state index contributed by atoms with van der Waals surface area (Å²) in [6, 6.07) is 11.5. The first kappa shape index (κ1) is 24.8. The predicted molar refractivity (Wildman–Crippen MR) is 138 cm³/mol. The Bertz CT molecular complexity index is 1110. The molecule has 0 unspecified atom stereocenters. The van der Waals surface area contributed by atoms with Gasteiger partial charge in [0.2, 0.25) is 10.0 Å². The monoisotopic (exact) mass is 504 g/mol. The lowest BCUT2D eigenvalue weighted by molar-refractivity contribution is 0.262. The van der Waals surface area contributed by atoms with Crippen molar-refractivity contribution in [3.8, 4) is 0 Å². The molecule has 2 saturated heterocycles. The smallest absolute Gasteiger partial charge is 0.323 e. The maximum Gasteiger partial charge on any atom is 0.323 e. The van der Waals surface area contributed by atoms with Crippen LogP contribution in [-0.4, -0.2) is 44.9 Å². The topological polar surface area (TPSA) is 81.8 Å². The second kappa shape index (κ2) is 10.5. The number of nitrogens with one attached hydrogen (secondary N) is 2. The SMILES string of the molecule is CC1CCN(c2ccc(S(=O)(=O)N3CCC(C)CC3)cc2NC(=O)Nc2ccc(Cl)cc2)CC1. The number of carbonyl (C=O) groups excluding carboxylic acids is 1. The molecule has 0 aliphatic carbocycles. The molecule has 0 radical (unpaired) electrons. The maximum atomic E-state index is 13.4. The highest BCUT2D eigenvalue weighted by Crippen LogP contribution is 2.34. The van der Waals surface area contributed by atoms with E-state index in [0.29, 0.717) is 41.3 Å². The number of carbonyl (C=O) groups is 1. The third kappa shape index (κ3) is 5.85. The van der Waals surface area contributed by atoms with Crippen LogP contribution in [0.2, 0.25) is 5.02 Å². The number of sulfonamides is 1. The largest absolute Gasteiger partial charge is 0.370 e. The molecule has 9 heteroatoms. The summed E-state index contributed by atoms with van der Waals surface area (Å²) in [5.74, 6) is 1.19. The Balaban J connectivity index is 1.60. The van der Waals surface area contributed by atoms with Crippen LogP contribution >= 0.6 is 11.6 Å². The fourth-order valence-corrected chi connectivity index (χ4v) is 6.12. The van der Waals surface area contributed by atoms with E-state index >= 15 is 0 Å². The summed E-state index contributed by atoms with van der Waals surface area (Å²) < 4.78 is 28.3. The zero-order valence-electron chi connectivity index (χ0n) is 19.8. The highest BCUT2D eigenvalue weighted by Gasteiger charge is 2.29. The first-order valence-electron chi connectivity index (χ1n) is 11.9. The third-order valence-electron chi connectivity index (χ3n) is 6.82. The van der Waals surface area contributed by atoms with E-state index in [1.807, 2.05) is 6.07 Å². The van der Waals surface area contributed by atoms with Gasteiger partial charge in [0.25, 0.3) is 0 Å². The van der Waals surface area contributed by atoms with Crippen LogP contribution in [0, 0.1) is 11.8 Å². The first-order chi connectivity index (χ1) is 16.2. The molecule has 0 atom stereocenters. The van der Waals surface area contributed by atoms with Crippen LogP contribution in [0.25, 0.3) is 0 Å². The zero-order chi connectivity index (χ0) is 24.3. The molecule has 2 fully saturated rings. The molecule has 0 saturated carbocycles. The van der Waals surface area contributed by atoms with Crippen LogP contribution in [-0.2, 0) is 10.0 Å². The van der Waals surface area contributed by atoms with Gasteiger partial charge in [-0.3, -0.25) is 0 Å². The fourth-order valence-electron chi connectivity index (χ4n) is 4.49. The van der Waals surface area contributed by atoms with E-state index in [4.69, 9.17) is 11.6 Å². The lowest BCUT2D eigenvalue weighted by Gasteiger charge is -2.34. The van der Waals surface area contributed by atoms with E-state index in [-0.39, 0.29) is 4.90 Å². The standard InChI is InChI=1S/C25H33ClN4O3S/c1-18-9-13-29(14-10-18)24-8-7-22(34(32,33)30-15-11-19(2)12-16-30)17-23(24)28-25(31)27-21-5-3-20(26)4-6-21/h3-8,17-19H,9-16H2,1-2H3,(H2,27,28,31). The minimum Gasteiger partial charge on any atom is -0.370 e. The van der Waals surface area contributed by atoms with Gasteiger partial charge in [-0.05, 0) is 80.0 Å². The van der Waals surface area contributed by atoms with Crippen LogP contribution in [0.3, 0.4) is 0 Å². The number of rotatable bonds is 5. The molecular weight excluding hydrogens is 472 g/mol. The van der Waals surface area contributed by atoms with Gasteiger partial charge in [-0.25, -0.2) is 13.2 Å². The quantitative estimate of drug-likeness (QED) is 0.552. The van der Waals surface area contributed by atoms with Crippen molar-refractivity contribution in [2.45, 2.75) is 44.4 Å². The number of anilines is 3. The predicted octanol–water partition coefficient (Wildman–Crippen LogP) is 5.64. The minimum absolute atomic E-state index is 0.206. The summed E-state index contributed by atoms with van der Waals surface area (Å²) in [7, 11) is -3.64. The highest BCUT2D eigenvalue weighted by atomic mass is 35.5. The third-order valence-corrected chi connectivity index (χ3v) is 8.97. The normalized spacial score (nSPS) is 18.6. The number of halogens is 1. The number of nitrogens with zero attached hydrogens (tertiary/aromatic N) is 2. The maximum absolute atomic E-state index is 13.4. The van der Waals surface area contributed by atoms with E-state index < -0.39 is 16.1 Å². The van der Waals surface area contributed by atoms with Gasteiger partial charge in [0.05, 0.1) is 16.3 Å². The van der Waals surface area contributed by atoms with Gasteiger partial charge in [-0.15, -0.1) is 0 Å². The van der Waals surface area contributed by atoms with E-state index in [0.717, 1.165) is 44.5 Å². The van der Waals surface area contributed by atoms with Gasteiger partial charge in [0.1, 0.15) is 0 Å². The van der Waals surface area contributed by atoms with Crippen molar-refractivity contribution < 1.29 is 13.2 Å². The number of urea groups is 1. The summed E-state index contributed by atoms with van der Waals surface area (Å²) in [5.41, 5.74) is 1.93. The number of benzene rings is 2. The average molecular weight is 505 g/mol. The number of hydrogen-bond donors (Lipinski definition) is 2. The number of hydrogen-bond acceptors (Lipinski definition) is 4. The highest BCUT2D eigenvalue weighted by molar-refractivity contribution is 7.89. The first-order valence-corrected chi connectivity index (χ1v) is 13.8. The Morgan fingerprint density at radius 3 is 2.09 bits per heavy atom. The van der Waals surface area contributed by atoms with E-state index in [9.17, 15) is 13.2 Å². The zero-order valence-corrected chi connectivity index (χ0v) is 21.3. The average Bonchev–Trinajstić information content (AvgIpc) is 2.81. The van der Waals surface area contributed by atoms with Crippen molar-refractivity contribution in [1.82, 2.24) is 4.31 Å². The fraction of sp³-hybridized carbons (Fsp3) is 0.480. The Hall–Kier alpha value is -2.29. The molecule has 34 heavy (non-hydrogen) atoms. The Kier molecular flexibility index (Phi) is 7.70. The summed E-state index contributed by atoms with van der Waals surface area (Å²) in [4.78, 5) is 15.2. The van der Waals surface area contributed by atoms with E-state index in [1.54, 1.807) is 40.7 Å². The Morgan fingerprint density at radius 2 is 1.47 bits per heavy atom. The van der Waals surface area contributed by atoms with E-state index in [2.05, 4.69) is 29.4 Å².